The summed E-state index contributed by atoms with van der Waals surface area (Å²) >= 11 is 0. The van der Waals surface area contributed by atoms with E-state index >= 15 is 0 Å². The minimum Gasteiger partial charge on any atom is -0.447 e. The molecule has 0 unspecified atom stereocenters. The van der Waals surface area contributed by atoms with E-state index < -0.39 is 11.9 Å². The molecule has 0 aliphatic carbocycles. The van der Waals surface area contributed by atoms with Crippen LogP contribution in [0.4, 0.5) is 14.9 Å². The summed E-state index contributed by atoms with van der Waals surface area (Å²) in [6.07, 6.45) is 1.66. The molecule has 0 N–H and O–H groups in total. The molecule has 3 heterocycles. The highest BCUT2D eigenvalue weighted by atomic mass is 19.1. The number of amides is 2. The van der Waals surface area contributed by atoms with Gasteiger partial charge in [0.2, 0.25) is 5.91 Å². The van der Waals surface area contributed by atoms with Crippen molar-refractivity contribution in [3.05, 3.63) is 29.6 Å². The summed E-state index contributed by atoms with van der Waals surface area (Å²) in [5.41, 5.74) is 1.28. The second-order valence-electron chi connectivity index (χ2n) is 6.81. The molecule has 0 bridgehead atoms. The number of rotatable bonds is 1. The number of fused-ring (bicyclic) bond motifs is 3. The molecule has 3 aliphatic rings. The zero-order valence-corrected chi connectivity index (χ0v) is 13.9. The number of carbonyl (C=O) groups is 2. The summed E-state index contributed by atoms with van der Waals surface area (Å²) in [7, 11) is 0. The van der Waals surface area contributed by atoms with E-state index in [2.05, 4.69) is 0 Å². The number of benzene rings is 1. The minimum absolute atomic E-state index is 0.0189. The number of anilines is 1. The van der Waals surface area contributed by atoms with Crippen molar-refractivity contribution in [2.24, 2.45) is 5.92 Å². The molecule has 4 rings (SSSR count). The van der Waals surface area contributed by atoms with E-state index in [4.69, 9.17) is 9.47 Å². The Bertz CT molecular complexity index is 690. The van der Waals surface area contributed by atoms with Crippen LogP contribution in [0.2, 0.25) is 0 Å². The van der Waals surface area contributed by atoms with Gasteiger partial charge in [0, 0.05) is 32.2 Å². The third-order valence-corrected chi connectivity index (χ3v) is 5.24. The SMILES string of the molecule is O=C(C1CCOCC1)N1CC[C@H]2COC(=O)N2c2cc(F)ccc2C1. The molecule has 0 spiro atoms. The van der Waals surface area contributed by atoms with E-state index in [0.717, 1.165) is 18.4 Å². The maximum Gasteiger partial charge on any atom is 0.414 e. The van der Waals surface area contributed by atoms with Gasteiger partial charge in [-0.05, 0) is 37.0 Å². The van der Waals surface area contributed by atoms with Crippen LogP contribution >= 0.6 is 0 Å². The number of nitrogens with zero attached hydrogens (tertiary/aromatic N) is 2. The van der Waals surface area contributed by atoms with Crippen LogP contribution in [0.15, 0.2) is 18.2 Å². The van der Waals surface area contributed by atoms with Gasteiger partial charge in [-0.1, -0.05) is 6.07 Å². The molecule has 25 heavy (non-hydrogen) atoms. The van der Waals surface area contributed by atoms with Crippen molar-refractivity contribution in [1.82, 2.24) is 4.90 Å². The van der Waals surface area contributed by atoms with Crippen LogP contribution < -0.4 is 4.90 Å². The molecule has 2 fully saturated rings. The first-order valence-corrected chi connectivity index (χ1v) is 8.74. The highest BCUT2D eigenvalue weighted by Gasteiger charge is 2.38. The summed E-state index contributed by atoms with van der Waals surface area (Å²) in [6.45, 7) is 2.44. The van der Waals surface area contributed by atoms with Crippen molar-refractivity contribution in [1.29, 1.82) is 0 Å². The Hall–Kier alpha value is -2.15. The van der Waals surface area contributed by atoms with Gasteiger partial charge >= 0.3 is 6.09 Å². The number of cyclic esters (lactones) is 1. The second kappa shape index (κ2) is 6.63. The number of hydrogen-bond acceptors (Lipinski definition) is 4. The van der Waals surface area contributed by atoms with Crippen molar-refractivity contribution >= 4 is 17.7 Å². The van der Waals surface area contributed by atoms with E-state index in [-0.39, 0.29) is 24.5 Å². The first-order chi connectivity index (χ1) is 12.1. The maximum absolute atomic E-state index is 13.8. The number of hydrogen-bond donors (Lipinski definition) is 0. The standard InChI is InChI=1S/C18H21FN2O4/c19-14-2-1-13-10-20(17(22)12-4-7-24-8-5-12)6-3-15-11-25-18(23)21(15)16(13)9-14/h1-2,9,12,15H,3-8,10-11H2/t15-/m0/s1. The van der Waals surface area contributed by atoms with Crippen LogP contribution in [-0.4, -0.2) is 49.3 Å². The molecule has 3 aliphatic heterocycles. The van der Waals surface area contributed by atoms with Crippen LogP contribution in [0, 0.1) is 11.7 Å². The lowest BCUT2D eigenvalue weighted by Gasteiger charge is -2.34. The molecular formula is C18H21FN2O4. The summed E-state index contributed by atoms with van der Waals surface area (Å²) in [4.78, 5) is 28.4. The zero-order valence-electron chi connectivity index (χ0n) is 13.9. The minimum atomic E-state index is -0.443. The van der Waals surface area contributed by atoms with Crippen LogP contribution in [0.5, 0.6) is 0 Å². The highest BCUT2D eigenvalue weighted by molar-refractivity contribution is 5.91. The van der Waals surface area contributed by atoms with Gasteiger partial charge in [0.05, 0.1) is 11.7 Å². The lowest BCUT2D eigenvalue weighted by molar-refractivity contribution is -0.139. The Balaban J connectivity index is 1.64. The lowest BCUT2D eigenvalue weighted by atomic mass is 9.97. The van der Waals surface area contributed by atoms with Crippen molar-refractivity contribution in [3.8, 4) is 0 Å². The average molecular weight is 348 g/mol. The number of halogens is 1. The number of ether oxygens (including phenoxy) is 2. The third-order valence-electron chi connectivity index (χ3n) is 5.24. The molecular weight excluding hydrogens is 327 g/mol. The third kappa shape index (κ3) is 3.08. The molecule has 134 valence electrons. The fraction of sp³-hybridized carbons (Fsp3) is 0.556. The smallest absolute Gasteiger partial charge is 0.414 e. The molecule has 1 aromatic carbocycles. The van der Waals surface area contributed by atoms with Crippen molar-refractivity contribution < 1.29 is 23.5 Å². The van der Waals surface area contributed by atoms with Crippen LogP contribution in [-0.2, 0) is 20.8 Å². The Morgan fingerprint density at radius 1 is 1.20 bits per heavy atom. The zero-order chi connectivity index (χ0) is 17.4. The Kier molecular flexibility index (Phi) is 4.33. The molecule has 0 aromatic heterocycles. The van der Waals surface area contributed by atoms with Gasteiger partial charge in [-0.15, -0.1) is 0 Å². The fourth-order valence-electron chi connectivity index (χ4n) is 3.84. The van der Waals surface area contributed by atoms with Gasteiger partial charge in [0.1, 0.15) is 12.4 Å². The molecule has 6 nitrogen and oxygen atoms in total. The normalized spacial score (nSPS) is 24.2. The van der Waals surface area contributed by atoms with Crippen molar-refractivity contribution in [3.63, 3.8) is 0 Å². The Morgan fingerprint density at radius 3 is 2.80 bits per heavy atom. The van der Waals surface area contributed by atoms with Crippen LogP contribution in [0.1, 0.15) is 24.8 Å². The summed E-state index contributed by atoms with van der Waals surface area (Å²) in [5.74, 6) is -0.299. The first kappa shape index (κ1) is 16.3. The van der Waals surface area contributed by atoms with Gasteiger partial charge in [-0.25, -0.2) is 9.18 Å². The van der Waals surface area contributed by atoms with Gasteiger partial charge in [-0.2, -0.15) is 0 Å². The predicted octanol–water partition coefficient (Wildman–Crippen LogP) is 2.31. The van der Waals surface area contributed by atoms with E-state index in [1.807, 2.05) is 4.90 Å². The molecule has 0 radical (unpaired) electrons. The van der Waals surface area contributed by atoms with Crippen LogP contribution in [0.25, 0.3) is 0 Å². The molecule has 7 heteroatoms. The molecule has 0 saturated carbocycles. The topological polar surface area (TPSA) is 59.1 Å². The molecule has 1 atom stereocenters. The van der Waals surface area contributed by atoms with Crippen molar-refractivity contribution in [2.45, 2.75) is 31.8 Å². The van der Waals surface area contributed by atoms with Gasteiger partial charge in [0.15, 0.2) is 0 Å². The van der Waals surface area contributed by atoms with E-state index in [0.29, 0.717) is 38.4 Å². The monoisotopic (exact) mass is 348 g/mol. The summed E-state index contributed by atoms with van der Waals surface area (Å²) in [5, 5.41) is 0. The Labute approximate surface area is 145 Å². The maximum atomic E-state index is 13.8. The quantitative estimate of drug-likeness (QED) is 0.781. The van der Waals surface area contributed by atoms with Gasteiger partial charge in [0.25, 0.3) is 0 Å². The number of carbonyl (C=O) groups excluding carboxylic acids is 2. The molecule has 2 saturated heterocycles. The molecule has 2 amide bonds. The van der Waals surface area contributed by atoms with Gasteiger partial charge in [-0.3, -0.25) is 9.69 Å². The summed E-state index contributed by atoms with van der Waals surface area (Å²) < 4.78 is 24.3. The van der Waals surface area contributed by atoms with E-state index in [9.17, 15) is 14.0 Å². The van der Waals surface area contributed by atoms with Crippen LogP contribution in [0.3, 0.4) is 0 Å². The lowest BCUT2D eigenvalue weighted by Crippen LogP contribution is -2.44. The van der Waals surface area contributed by atoms with E-state index in [1.165, 1.54) is 17.0 Å². The average Bonchev–Trinajstić information content (AvgIpc) is 2.98. The molecule has 1 aromatic rings. The predicted molar refractivity (Wildman–Crippen MR) is 87.6 cm³/mol. The van der Waals surface area contributed by atoms with Crippen molar-refractivity contribution in [2.75, 3.05) is 31.3 Å². The Morgan fingerprint density at radius 2 is 2.00 bits per heavy atom. The highest BCUT2D eigenvalue weighted by Crippen LogP contribution is 2.33. The summed E-state index contributed by atoms with van der Waals surface area (Å²) in [6, 6.07) is 4.21. The van der Waals surface area contributed by atoms with Gasteiger partial charge < -0.3 is 14.4 Å². The first-order valence-electron chi connectivity index (χ1n) is 8.74. The van der Waals surface area contributed by atoms with E-state index in [1.54, 1.807) is 6.07 Å². The second-order valence-corrected chi connectivity index (χ2v) is 6.81. The fourth-order valence-corrected chi connectivity index (χ4v) is 3.84. The largest absolute Gasteiger partial charge is 0.447 e.